The highest BCUT2D eigenvalue weighted by Crippen LogP contribution is 2.23. The normalized spacial score (nSPS) is 17.6. The zero-order valence-corrected chi connectivity index (χ0v) is 17.7. The Hall–Kier alpha value is -3.38. The number of hydrogen-bond donors (Lipinski definition) is 2. The van der Waals surface area contributed by atoms with Crippen molar-refractivity contribution in [1.82, 2.24) is 5.32 Å². The minimum Gasteiger partial charge on any atom is -0.497 e. The molecule has 0 aliphatic carbocycles. The van der Waals surface area contributed by atoms with E-state index in [2.05, 4.69) is 15.5 Å². The molecule has 10 nitrogen and oxygen atoms in total. The first-order chi connectivity index (χ1) is 14.8. The van der Waals surface area contributed by atoms with E-state index in [4.69, 9.17) is 14.0 Å². The van der Waals surface area contributed by atoms with Gasteiger partial charge in [0.2, 0.25) is 5.91 Å². The second kappa shape index (κ2) is 9.62. The zero-order valence-electron chi connectivity index (χ0n) is 16.1. The van der Waals surface area contributed by atoms with Crippen LogP contribution in [0.15, 0.2) is 63.6 Å². The lowest BCUT2D eigenvalue weighted by atomic mass is 10.2. The monoisotopic (exact) mass is 463 g/mol. The third-order valence-corrected chi connectivity index (χ3v) is 6.24. The van der Waals surface area contributed by atoms with Gasteiger partial charge in [0.15, 0.2) is 5.17 Å². The van der Waals surface area contributed by atoms with E-state index in [1.165, 1.54) is 49.7 Å². The summed E-state index contributed by atoms with van der Waals surface area (Å²) < 4.78 is 35.0. The highest BCUT2D eigenvalue weighted by atomic mass is 32.2. The molecule has 1 aliphatic rings. The summed E-state index contributed by atoms with van der Waals surface area (Å²) in [6, 6.07) is 12.0. The molecule has 31 heavy (non-hydrogen) atoms. The Morgan fingerprint density at radius 3 is 2.65 bits per heavy atom. The molecule has 0 spiro atoms. The van der Waals surface area contributed by atoms with Gasteiger partial charge in [0.25, 0.3) is 0 Å². The van der Waals surface area contributed by atoms with Crippen molar-refractivity contribution in [3.05, 3.63) is 54.1 Å². The lowest BCUT2D eigenvalue weighted by Gasteiger charge is -2.08. The van der Waals surface area contributed by atoms with Crippen LogP contribution in [0.5, 0.6) is 11.5 Å². The Morgan fingerprint density at radius 1 is 1.23 bits per heavy atom. The van der Waals surface area contributed by atoms with Gasteiger partial charge in [-0.1, -0.05) is 23.9 Å². The molecule has 0 saturated carbocycles. The number of hydrogen-bond acceptors (Lipinski definition) is 9. The van der Waals surface area contributed by atoms with E-state index in [0.717, 1.165) is 11.8 Å². The van der Waals surface area contributed by atoms with Crippen molar-refractivity contribution in [2.75, 3.05) is 7.11 Å². The average molecular weight is 463 g/mol. The molecule has 2 N–H and O–H groups in total. The van der Waals surface area contributed by atoms with Crippen molar-refractivity contribution in [1.29, 1.82) is 0 Å². The van der Waals surface area contributed by atoms with E-state index in [1.807, 2.05) is 0 Å². The fourth-order valence-corrected chi connectivity index (χ4v) is 4.29. The number of carboxylic acid groups (broad SMARTS) is 1. The molecule has 12 heteroatoms. The van der Waals surface area contributed by atoms with Gasteiger partial charge in [0.05, 0.1) is 19.7 Å². The third kappa shape index (κ3) is 6.06. The number of ether oxygens (including phenoxy) is 1. The summed E-state index contributed by atoms with van der Waals surface area (Å²) in [6.07, 6.45) is 1.03. The number of rotatable bonds is 8. The predicted octanol–water partition coefficient (Wildman–Crippen LogP) is 1.86. The maximum Gasteiger partial charge on any atom is 0.339 e. The van der Waals surface area contributed by atoms with Gasteiger partial charge in [-0.05, 0) is 42.0 Å². The molecule has 0 radical (unpaired) electrons. The van der Waals surface area contributed by atoms with Gasteiger partial charge < -0.3 is 19.3 Å². The van der Waals surface area contributed by atoms with E-state index in [0.29, 0.717) is 11.3 Å². The molecule has 162 valence electrons. The second-order valence-corrected chi connectivity index (χ2v) is 8.87. The van der Waals surface area contributed by atoms with Crippen LogP contribution < -0.4 is 14.2 Å². The Kier molecular flexibility index (Phi) is 6.92. The molecule has 1 heterocycles. The molecular formula is C19H17N3O7S2. The average Bonchev–Trinajstić information content (AvgIpc) is 3.06. The maximum absolute atomic E-state index is 12.4. The fourth-order valence-electron chi connectivity index (χ4n) is 2.46. The number of thioether (sulfide) groups is 1. The molecule has 0 aromatic heterocycles. The molecular weight excluding hydrogens is 446 g/mol. The summed E-state index contributed by atoms with van der Waals surface area (Å²) in [5, 5.41) is 18.4. The number of aliphatic carboxylic acids is 1. The first-order valence-corrected chi connectivity index (χ1v) is 11.0. The van der Waals surface area contributed by atoms with Crippen molar-refractivity contribution < 1.29 is 32.0 Å². The van der Waals surface area contributed by atoms with Gasteiger partial charge in [-0.3, -0.25) is 9.59 Å². The topological polar surface area (TPSA) is 144 Å². The summed E-state index contributed by atoms with van der Waals surface area (Å²) in [5.41, 5.74) is 0.503. The third-order valence-electron chi connectivity index (χ3n) is 3.90. The molecule has 1 unspecified atom stereocenters. The molecule has 1 saturated heterocycles. The summed E-state index contributed by atoms with van der Waals surface area (Å²) >= 11 is 0.975. The first-order valence-electron chi connectivity index (χ1n) is 8.76. The molecule has 1 fully saturated rings. The lowest BCUT2D eigenvalue weighted by Crippen LogP contribution is -2.26. The van der Waals surface area contributed by atoms with Crippen LogP contribution in [-0.2, 0) is 19.7 Å². The van der Waals surface area contributed by atoms with Gasteiger partial charge in [0.1, 0.15) is 21.6 Å². The number of nitrogens with one attached hydrogen (secondary N) is 1. The van der Waals surface area contributed by atoms with Crippen molar-refractivity contribution in [3.8, 4) is 11.5 Å². The Morgan fingerprint density at radius 2 is 1.97 bits per heavy atom. The smallest absolute Gasteiger partial charge is 0.339 e. The summed E-state index contributed by atoms with van der Waals surface area (Å²) in [6.45, 7) is 0. The van der Waals surface area contributed by atoms with Crippen LogP contribution in [0.4, 0.5) is 0 Å². The number of carbonyl (C=O) groups is 2. The van der Waals surface area contributed by atoms with E-state index in [9.17, 15) is 18.0 Å². The van der Waals surface area contributed by atoms with Crippen LogP contribution in [0.3, 0.4) is 0 Å². The van der Waals surface area contributed by atoms with Crippen molar-refractivity contribution in [2.45, 2.75) is 16.6 Å². The number of nitrogens with zero attached hydrogens (tertiary/aromatic N) is 2. The highest BCUT2D eigenvalue weighted by molar-refractivity contribution is 8.15. The number of amides is 1. The van der Waals surface area contributed by atoms with Crippen LogP contribution in [0.25, 0.3) is 0 Å². The van der Waals surface area contributed by atoms with E-state index >= 15 is 0 Å². The predicted molar refractivity (Wildman–Crippen MR) is 114 cm³/mol. The van der Waals surface area contributed by atoms with Gasteiger partial charge in [0, 0.05) is 0 Å². The van der Waals surface area contributed by atoms with Gasteiger partial charge in [-0.2, -0.15) is 13.5 Å². The van der Waals surface area contributed by atoms with Crippen molar-refractivity contribution in [3.63, 3.8) is 0 Å². The Balaban J connectivity index is 1.67. The standard InChI is InChI=1S/C19H17N3O7S2/c1-28-13-5-7-15(8-6-13)31(26,27)29-14-4-2-3-12(9-14)11-20-22-19-21-18(25)16(30-19)10-17(23)24/h2-9,11,16H,10H2,1H3,(H,23,24)(H,21,22,25). The molecule has 1 amide bonds. The minimum absolute atomic E-state index is 0.0244. The second-order valence-electron chi connectivity index (χ2n) is 6.13. The van der Waals surface area contributed by atoms with Gasteiger partial charge in [-0.15, -0.1) is 5.10 Å². The van der Waals surface area contributed by atoms with E-state index < -0.39 is 27.2 Å². The molecule has 1 atom stereocenters. The Labute approximate surface area is 182 Å². The van der Waals surface area contributed by atoms with E-state index in [-0.39, 0.29) is 22.2 Å². The van der Waals surface area contributed by atoms with E-state index in [1.54, 1.807) is 12.1 Å². The quantitative estimate of drug-likeness (QED) is 0.343. The summed E-state index contributed by atoms with van der Waals surface area (Å²) in [7, 11) is -2.56. The van der Waals surface area contributed by atoms with Crippen molar-refractivity contribution >= 4 is 45.1 Å². The van der Waals surface area contributed by atoms with Crippen LogP contribution in [-0.4, -0.2) is 49.1 Å². The highest BCUT2D eigenvalue weighted by Gasteiger charge is 2.32. The largest absolute Gasteiger partial charge is 0.497 e. The van der Waals surface area contributed by atoms with Crippen LogP contribution >= 0.6 is 11.8 Å². The van der Waals surface area contributed by atoms with Crippen LogP contribution in [0.1, 0.15) is 12.0 Å². The first kappa shape index (κ1) is 22.3. The molecule has 2 aromatic rings. The summed E-state index contributed by atoms with van der Waals surface area (Å²) in [5.74, 6) is -0.929. The maximum atomic E-state index is 12.4. The number of amidine groups is 1. The number of benzene rings is 2. The number of carboxylic acids is 1. The number of carbonyl (C=O) groups excluding carboxylic acids is 1. The van der Waals surface area contributed by atoms with Gasteiger partial charge >= 0.3 is 16.1 Å². The molecule has 0 bridgehead atoms. The molecule has 1 aliphatic heterocycles. The number of methoxy groups -OCH3 is 1. The van der Waals surface area contributed by atoms with Crippen molar-refractivity contribution in [2.24, 2.45) is 10.2 Å². The van der Waals surface area contributed by atoms with Gasteiger partial charge in [-0.25, -0.2) is 0 Å². The molecule has 3 rings (SSSR count). The summed E-state index contributed by atoms with van der Waals surface area (Å²) in [4.78, 5) is 22.4. The molecule has 2 aromatic carbocycles. The van der Waals surface area contributed by atoms with Crippen LogP contribution in [0.2, 0.25) is 0 Å². The minimum atomic E-state index is -4.04. The van der Waals surface area contributed by atoms with Crippen LogP contribution in [0, 0.1) is 0 Å². The fraction of sp³-hybridized carbons (Fsp3) is 0.158. The lowest BCUT2D eigenvalue weighted by molar-refractivity contribution is -0.138. The Bertz CT molecular complexity index is 1150. The zero-order chi connectivity index (χ0) is 22.4. The SMILES string of the molecule is COc1ccc(S(=O)(=O)Oc2cccc(C=NN=C3NC(=O)C(CC(=O)O)S3)c2)cc1.